The Labute approximate surface area is 154 Å². The highest BCUT2D eigenvalue weighted by atomic mass is 16.4. The van der Waals surface area contributed by atoms with E-state index in [2.05, 4.69) is 5.10 Å². The van der Waals surface area contributed by atoms with E-state index in [4.69, 9.17) is 5.73 Å². The van der Waals surface area contributed by atoms with E-state index in [0.29, 0.717) is 16.9 Å². The van der Waals surface area contributed by atoms with Crippen LogP contribution in [-0.2, 0) is 9.59 Å². The van der Waals surface area contributed by atoms with E-state index in [9.17, 15) is 14.7 Å². The van der Waals surface area contributed by atoms with Crippen LogP contribution >= 0.6 is 0 Å². The molecular formula is C21H15N3O3. The Morgan fingerprint density at radius 3 is 2.33 bits per heavy atom. The van der Waals surface area contributed by atoms with Gasteiger partial charge in [-0.2, -0.15) is 10.1 Å². The number of nitrogen functional groups attached to an aromatic ring is 1. The van der Waals surface area contributed by atoms with Crippen molar-refractivity contribution in [1.82, 2.24) is 0 Å². The second-order valence-electron chi connectivity index (χ2n) is 6.05. The largest absolute Gasteiger partial charge is 0.476 e. The summed E-state index contributed by atoms with van der Waals surface area (Å²) in [5.41, 5.74) is 7.58. The molecule has 0 bridgehead atoms. The number of hydrogen-bond donors (Lipinski definition) is 2. The number of nitrogens with zero attached hydrogens (tertiary/aromatic N) is 2. The molecule has 4 rings (SSSR count). The highest BCUT2D eigenvalue weighted by molar-refractivity contribution is 6.54. The van der Waals surface area contributed by atoms with Crippen molar-refractivity contribution >= 4 is 45.8 Å². The standard InChI is InChI=1S/C21H15N3O3/c22-18-11-10-13(15-8-4-5-9-16(15)18)12-17-19(21(26)27)23-24(20(17)25)14-6-2-1-3-7-14/h1-12H,22H2,(H,26,27)/b17-12-. The molecule has 3 aromatic rings. The van der Waals surface area contributed by atoms with Gasteiger partial charge in [0.2, 0.25) is 0 Å². The normalized spacial score (nSPS) is 15.4. The van der Waals surface area contributed by atoms with Crippen LogP contribution in [0.1, 0.15) is 5.56 Å². The summed E-state index contributed by atoms with van der Waals surface area (Å²) in [5.74, 6) is -1.74. The van der Waals surface area contributed by atoms with Crippen molar-refractivity contribution in [3.05, 3.63) is 77.9 Å². The molecule has 3 N–H and O–H groups in total. The number of carbonyl (C=O) groups is 2. The quantitative estimate of drug-likeness (QED) is 0.555. The monoisotopic (exact) mass is 357 g/mol. The van der Waals surface area contributed by atoms with Crippen LogP contribution in [0.25, 0.3) is 16.8 Å². The first kappa shape index (κ1) is 16.5. The summed E-state index contributed by atoms with van der Waals surface area (Å²) >= 11 is 0. The molecule has 0 saturated carbocycles. The lowest BCUT2D eigenvalue weighted by molar-refractivity contribution is -0.129. The van der Waals surface area contributed by atoms with Crippen molar-refractivity contribution in [2.45, 2.75) is 0 Å². The number of hydrazone groups is 1. The zero-order valence-corrected chi connectivity index (χ0v) is 14.2. The van der Waals surface area contributed by atoms with Gasteiger partial charge in [0, 0.05) is 11.1 Å². The molecule has 0 aliphatic carbocycles. The summed E-state index contributed by atoms with van der Waals surface area (Å²) in [6.45, 7) is 0. The summed E-state index contributed by atoms with van der Waals surface area (Å²) in [6, 6.07) is 19.7. The molecule has 132 valence electrons. The summed E-state index contributed by atoms with van der Waals surface area (Å²) in [7, 11) is 0. The van der Waals surface area contributed by atoms with Crippen molar-refractivity contribution in [2.75, 3.05) is 10.7 Å². The van der Waals surface area contributed by atoms with E-state index >= 15 is 0 Å². The second kappa shape index (κ2) is 6.42. The lowest BCUT2D eigenvalue weighted by Gasteiger charge is -2.11. The maximum atomic E-state index is 12.9. The van der Waals surface area contributed by atoms with Crippen LogP contribution in [0, 0.1) is 0 Å². The average molecular weight is 357 g/mol. The van der Waals surface area contributed by atoms with Gasteiger partial charge in [0.25, 0.3) is 5.91 Å². The van der Waals surface area contributed by atoms with Crippen LogP contribution < -0.4 is 10.7 Å². The molecule has 1 heterocycles. The number of carbonyl (C=O) groups excluding carboxylic acids is 1. The number of fused-ring (bicyclic) bond motifs is 1. The molecule has 0 saturated heterocycles. The molecule has 6 heteroatoms. The molecule has 3 aromatic carbocycles. The average Bonchev–Trinajstić information content (AvgIpc) is 3.02. The van der Waals surface area contributed by atoms with E-state index in [1.807, 2.05) is 30.3 Å². The lowest BCUT2D eigenvalue weighted by Crippen LogP contribution is -2.22. The van der Waals surface area contributed by atoms with Gasteiger partial charge >= 0.3 is 5.97 Å². The Hall–Kier alpha value is -3.93. The fourth-order valence-corrected chi connectivity index (χ4v) is 3.07. The van der Waals surface area contributed by atoms with E-state index in [-0.39, 0.29) is 11.3 Å². The molecule has 0 radical (unpaired) electrons. The minimum Gasteiger partial charge on any atom is -0.476 e. The Morgan fingerprint density at radius 2 is 1.63 bits per heavy atom. The molecule has 27 heavy (non-hydrogen) atoms. The Bertz CT molecular complexity index is 1130. The molecule has 0 atom stereocenters. The Kier molecular flexibility index (Phi) is 3.93. The number of carboxylic acids is 1. The van der Waals surface area contributed by atoms with Gasteiger partial charge < -0.3 is 10.8 Å². The lowest BCUT2D eigenvalue weighted by atomic mass is 9.99. The highest BCUT2D eigenvalue weighted by Crippen LogP contribution is 2.29. The van der Waals surface area contributed by atoms with Crippen LogP contribution in [0.5, 0.6) is 0 Å². The summed E-state index contributed by atoms with van der Waals surface area (Å²) in [4.78, 5) is 24.6. The molecule has 0 unspecified atom stereocenters. The number of anilines is 2. The van der Waals surface area contributed by atoms with Crippen LogP contribution in [0.4, 0.5) is 11.4 Å². The fourth-order valence-electron chi connectivity index (χ4n) is 3.07. The topological polar surface area (TPSA) is 96.0 Å². The number of benzene rings is 3. The minimum atomic E-state index is -1.26. The van der Waals surface area contributed by atoms with Gasteiger partial charge in [-0.1, -0.05) is 48.5 Å². The van der Waals surface area contributed by atoms with E-state index in [1.54, 1.807) is 42.5 Å². The second-order valence-corrected chi connectivity index (χ2v) is 6.05. The molecule has 6 nitrogen and oxygen atoms in total. The number of para-hydroxylation sites is 1. The predicted molar refractivity (Wildman–Crippen MR) is 105 cm³/mol. The first-order valence-electron chi connectivity index (χ1n) is 8.27. The number of amides is 1. The van der Waals surface area contributed by atoms with E-state index < -0.39 is 11.9 Å². The minimum absolute atomic E-state index is 0.0290. The predicted octanol–water partition coefficient (Wildman–Crippen LogP) is 3.29. The summed E-state index contributed by atoms with van der Waals surface area (Å²) in [6.07, 6.45) is 1.56. The number of nitrogens with two attached hydrogens (primary N) is 1. The van der Waals surface area contributed by atoms with Crippen molar-refractivity contribution < 1.29 is 14.7 Å². The molecule has 1 amide bonds. The maximum absolute atomic E-state index is 12.9. The maximum Gasteiger partial charge on any atom is 0.357 e. The molecular weight excluding hydrogens is 342 g/mol. The molecule has 0 fully saturated rings. The van der Waals surface area contributed by atoms with Crippen LogP contribution in [-0.4, -0.2) is 22.7 Å². The number of aliphatic carboxylic acids is 1. The van der Waals surface area contributed by atoms with Crippen LogP contribution in [0.2, 0.25) is 0 Å². The molecule has 1 aliphatic rings. The van der Waals surface area contributed by atoms with Gasteiger partial charge in [-0.25, -0.2) is 4.79 Å². The van der Waals surface area contributed by atoms with Crippen molar-refractivity contribution in [1.29, 1.82) is 0 Å². The third-order valence-corrected chi connectivity index (χ3v) is 4.37. The van der Waals surface area contributed by atoms with Gasteiger partial charge in [-0.3, -0.25) is 4.79 Å². The number of hydrogen-bond acceptors (Lipinski definition) is 4. The third-order valence-electron chi connectivity index (χ3n) is 4.37. The molecule has 1 aliphatic heterocycles. The van der Waals surface area contributed by atoms with Gasteiger partial charge in [0.05, 0.1) is 11.3 Å². The number of rotatable bonds is 3. The fraction of sp³-hybridized carbons (Fsp3) is 0. The van der Waals surface area contributed by atoms with Gasteiger partial charge in [-0.15, -0.1) is 0 Å². The Balaban J connectivity index is 1.86. The highest BCUT2D eigenvalue weighted by Gasteiger charge is 2.35. The smallest absolute Gasteiger partial charge is 0.357 e. The van der Waals surface area contributed by atoms with E-state index in [1.165, 1.54) is 0 Å². The summed E-state index contributed by atoms with van der Waals surface area (Å²) < 4.78 is 0. The first-order valence-corrected chi connectivity index (χ1v) is 8.27. The van der Waals surface area contributed by atoms with Crippen molar-refractivity contribution in [2.24, 2.45) is 5.10 Å². The third kappa shape index (κ3) is 2.83. The van der Waals surface area contributed by atoms with Gasteiger partial charge in [-0.05, 0) is 35.2 Å². The number of carboxylic acid groups (broad SMARTS) is 1. The first-order chi connectivity index (χ1) is 13.1. The van der Waals surface area contributed by atoms with Gasteiger partial charge in [0.1, 0.15) is 0 Å². The van der Waals surface area contributed by atoms with Crippen molar-refractivity contribution in [3.8, 4) is 0 Å². The van der Waals surface area contributed by atoms with E-state index in [0.717, 1.165) is 15.8 Å². The Morgan fingerprint density at radius 1 is 0.963 bits per heavy atom. The summed E-state index contributed by atoms with van der Waals surface area (Å²) in [5, 5.41) is 16.3. The molecule has 0 aromatic heterocycles. The zero-order valence-electron chi connectivity index (χ0n) is 14.2. The van der Waals surface area contributed by atoms with Crippen LogP contribution in [0.15, 0.2) is 77.4 Å². The molecule has 0 spiro atoms. The zero-order chi connectivity index (χ0) is 19.0. The van der Waals surface area contributed by atoms with Crippen molar-refractivity contribution in [3.63, 3.8) is 0 Å². The SMILES string of the molecule is Nc1ccc(/C=C2\C(=O)N(c3ccccc3)N=C2C(=O)O)c2ccccc12. The van der Waals surface area contributed by atoms with Crippen LogP contribution in [0.3, 0.4) is 0 Å². The van der Waals surface area contributed by atoms with Gasteiger partial charge in [0.15, 0.2) is 5.71 Å².